The lowest BCUT2D eigenvalue weighted by atomic mass is 10.1. The zero-order chi connectivity index (χ0) is 19.2. The molecule has 0 bridgehead atoms. The maximum atomic E-state index is 4.50. The maximum absolute atomic E-state index is 4.50. The van der Waals surface area contributed by atoms with Gasteiger partial charge in [0.15, 0.2) is 5.84 Å². The molecule has 13 heteroatoms. The summed E-state index contributed by atoms with van der Waals surface area (Å²) in [4.78, 5) is 11.0. The Bertz CT molecular complexity index is 1350. The van der Waals surface area contributed by atoms with Crippen LogP contribution in [0.2, 0.25) is 0 Å². The van der Waals surface area contributed by atoms with Crippen molar-refractivity contribution in [3.05, 3.63) is 59.3 Å². The number of aromatic nitrogens is 5. The smallest absolute Gasteiger partial charge is 0.180 e. The summed E-state index contributed by atoms with van der Waals surface area (Å²) < 4.78 is 2.07. The highest BCUT2D eigenvalue weighted by molar-refractivity contribution is 7.17. The van der Waals surface area contributed by atoms with E-state index in [1.165, 1.54) is 0 Å². The summed E-state index contributed by atoms with van der Waals surface area (Å²) in [5.74, 6) is 0.759. The highest BCUT2D eigenvalue weighted by atomic mass is 35.5. The maximum Gasteiger partial charge on any atom is 0.180 e. The topological polar surface area (TPSA) is 107 Å². The number of hydrogen-bond donors (Lipinski definition) is 4. The number of amidine groups is 1. The van der Waals surface area contributed by atoms with Gasteiger partial charge in [-0.05, 0) is 24.3 Å². The van der Waals surface area contributed by atoms with Gasteiger partial charge in [-0.3, -0.25) is 14.9 Å². The molecule has 6 rings (SSSR count). The summed E-state index contributed by atoms with van der Waals surface area (Å²) in [7, 11) is 0. The van der Waals surface area contributed by atoms with Crippen molar-refractivity contribution in [3.63, 3.8) is 0 Å². The molecule has 1 aliphatic heterocycles. The third kappa shape index (κ3) is 3.66. The van der Waals surface area contributed by atoms with E-state index in [1.807, 2.05) is 29.9 Å². The Labute approximate surface area is 196 Å². The number of hydrazone groups is 1. The summed E-state index contributed by atoms with van der Waals surface area (Å²) in [5, 5.41) is 14.5. The number of thiazole rings is 1. The van der Waals surface area contributed by atoms with E-state index >= 15 is 0 Å². The molecule has 0 radical (unpaired) electrons. The lowest BCUT2D eigenvalue weighted by Gasteiger charge is -2.05. The Kier molecular flexibility index (Phi) is 5.94. The largest absolute Gasteiger partial charge is 0.297 e. The molecule has 0 unspecified atom stereocenters. The molecular weight excluding hydrogens is 477 g/mol. The van der Waals surface area contributed by atoms with Crippen molar-refractivity contribution < 1.29 is 0 Å². The number of rotatable bonds is 4. The van der Waals surface area contributed by atoms with Crippen LogP contribution >= 0.6 is 47.5 Å². The molecule has 31 heavy (non-hydrogen) atoms. The van der Waals surface area contributed by atoms with Crippen LogP contribution in [0.15, 0.2) is 59.5 Å². The standard InChI is InChI=1S/C18H13N9S2.2ClH/c1-4-15-20-8-12(18-19-5-6-28-18)27(15)9-10(1)11-7-21-22-16(11)13-2-3-14(29-13)17-23-25-26-24-17;;/h1-9,25-26H,(H,21,22)(H,23,24);2*1H. The first kappa shape index (κ1) is 21.3. The fraction of sp³-hybridized carbons (Fsp3) is 0. The second-order valence-corrected chi connectivity index (χ2v) is 8.25. The Morgan fingerprint density at radius 2 is 1.87 bits per heavy atom. The number of nitrogens with one attached hydrogen (secondary N) is 4. The van der Waals surface area contributed by atoms with Crippen molar-refractivity contribution in [2.75, 3.05) is 0 Å². The monoisotopic (exact) mass is 491 g/mol. The van der Waals surface area contributed by atoms with E-state index in [4.69, 9.17) is 0 Å². The minimum absolute atomic E-state index is 0. The number of hydrazine groups is 2. The van der Waals surface area contributed by atoms with Crippen molar-refractivity contribution in [2.24, 2.45) is 5.10 Å². The predicted octanol–water partition coefficient (Wildman–Crippen LogP) is 3.69. The molecule has 5 aromatic heterocycles. The van der Waals surface area contributed by atoms with E-state index in [0.717, 1.165) is 48.8 Å². The molecular formula is C18H15Cl2N9S2. The summed E-state index contributed by atoms with van der Waals surface area (Å²) in [6.07, 6.45) is 7.60. The van der Waals surface area contributed by atoms with Gasteiger partial charge in [0, 0.05) is 28.9 Å². The molecule has 0 saturated carbocycles. The highest BCUT2D eigenvalue weighted by Crippen LogP contribution is 2.35. The zero-order valence-electron chi connectivity index (χ0n) is 15.6. The van der Waals surface area contributed by atoms with Crippen LogP contribution in [-0.2, 0) is 0 Å². The van der Waals surface area contributed by atoms with E-state index in [2.05, 4.69) is 64.5 Å². The molecule has 1 aliphatic rings. The first-order chi connectivity index (χ1) is 14.4. The second-order valence-electron chi connectivity index (χ2n) is 6.27. The van der Waals surface area contributed by atoms with Gasteiger partial charge in [-0.1, -0.05) is 0 Å². The van der Waals surface area contributed by atoms with Gasteiger partial charge >= 0.3 is 0 Å². The van der Waals surface area contributed by atoms with Gasteiger partial charge in [0.1, 0.15) is 16.3 Å². The van der Waals surface area contributed by atoms with Crippen molar-refractivity contribution in [2.45, 2.75) is 0 Å². The van der Waals surface area contributed by atoms with Crippen molar-refractivity contribution in [1.82, 2.24) is 41.1 Å². The number of nitrogens with zero attached hydrogens (tertiary/aromatic N) is 5. The molecule has 6 heterocycles. The van der Waals surface area contributed by atoms with Crippen LogP contribution in [0.5, 0.6) is 0 Å². The molecule has 0 aromatic carbocycles. The number of pyridine rings is 1. The molecule has 0 saturated heterocycles. The summed E-state index contributed by atoms with van der Waals surface area (Å²) in [5.41, 5.74) is 13.3. The van der Waals surface area contributed by atoms with E-state index in [9.17, 15) is 0 Å². The van der Waals surface area contributed by atoms with E-state index in [1.54, 1.807) is 28.9 Å². The number of aromatic amines is 1. The Hall–Kier alpha value is -2.96. The number of fused-ring (bicyclic) bond motifs is 1. The first-order valence-corrected chi connectivity index (χ1v) is 10.4. The number of halogens is 2. The third-order valence-electron chi connectivity index (χ3n) is 4.60. The lowest BCUT2D eigenvalue weighted by molar-refractivity contribution is 0.577. The van der Waals surface area contributed by atoms with Crippen LogP contribution < -0.4 is 16.5 Å². The number of imidazole rings is 1. The van der Waals surface area contributed by atoms with Gasteiger partial charge in [-0.15, -0.1) is 58.1 Å². The van der Waals surface area contributed by atoms with Gasteiger partial charge in [-0.25, -0.2) is 15.5 Å². The van der Waals surface area contributed by atoms with Crippen molar-refractivity contribution in [1.29, 1.82) is 0 Å². The zero-order valence-corrected chi connectivity index (χ0v) is 18.8. The molecule has 5 aromatic rings. The SMILES string of the molecule is Cl.Cl.c1csc(-c2cnc3ccc(-c4cn[nH]c4-c4ccc(C5=NNNN5)s4)cn23)n1. The summed E-state index contributed by atoms with van der Waals surface area (Å²) in [6.45, 7) is 0. The van der Waals surface area contributed by atoms with Gasteiger partial charge in [0.05, 0.1) is 27.8 Å². The summed E-state index contributed by atoms with van der Waals surface area (Å²) in [6, 6.07) is 8.17. The van der Waals surface area contributed by atoms with Crippen LogP contribution in [0.1, 0.15) is 4.88 Å². The molecule has 0 spiro atoms. The predicted molar refractivity (Wildman–Crippen MR) is 128 cm³/mol. The Morgan fingerprint density at radius 3 is 2.68 bits per heavy atom. The minimum atomic E-state index is 0. The van der Waals surface area contributed by atoms with Crippen molar-refractivity contribution in [3.8, 4) is 32.4 Å². The normalized spacial score (nSPS) is 12.6. The van der Waals surface area contributed by atoms with Crippen molar-refractivity contribution >= 4 is 59.0 Å². The van der Waals surface area contributed by atoms with Gasteiger partial charge < -0.3 is 0 Å². The molecule has 158 valence electrons. The van der Waals surface area contributed by atoms with E-state index in [-0.39, 0.29) is 24.8 Å². The highest BCUT2D eigenvalue weighted by Gasteiger charge is 2.17. The lowest BCUT2D eigenvalue weighted by Crippen LogP contribution is -2.34. The number of hydrogen-bond acceptors (Lipinski definition) is 9. The fourth-order valence-electron chi connectivity index (χ4n) is 3.26. The van der Waals surface area contributed by atoms with Crippen LogP contribution in [0, 0.1) is 0 Å². The third-order valence-corrected chi connectivity index (χ3v) is 6.50. The molecule has 0 atom stereocenters. The molecule has 4 N–H and O–H groups in total. The van der Waals surface area contributed by atoms with Crippen LogP contribution in [0.4, 0.5) is 0 Å². The average molecular weight is 492 g/mol. The van der Waals surface area contributed by atoms with Crippen LogP contribution in [0.25, 0.3) is 38.0 Å². The van der Waals surface area contributed by atoms with Gasteiger partial charge in [0.25, 0.3) is 0 Å². The average Bonchev–Trinajstić information content (AvgIpc) is 3.55. The van der Waals surface area contributed by atoms with E-state index in [0.29, 0.717) is 0 Å². The minimum Gasteiger partial charge on any atom is -0.297 e. The molecule has 0 fully saturated rings. The molecule has 0 amide bonds. The van der Waals surface area contributed by atoms with Gasteiger partial charge in [0.2, 0.25) is 0 Å². The fourth-order valence-corrected chi connectivity index (χ4v) is 4.86. The number of H-pyrrole nitrogens is 1. The molecule has 9 nitrogen and oxygen atoms in total. The number of thiophene rings is 1. The Balaban J connectivity index is 0.00000116. The second kappa shape index (κ2) is 8.65. The Morgan fingerprint density at radius 1 is 0.968 bits per heavy atom. The van der Waals surface area contributed by atoms with Crippen LogP contribution in [-0.4, -0.2) is 30.4 Å². The molecule has 0 aliphatic carbocycles. The first-order valence-electron chi connectivity index (χ1n) is 8.72. The quantitative estimate of drug-likeness (QED) is 0.305. The van der Waals surface area contributed by atoms with Crippen LogP contribution in [0.3, 0.4) is 0 Å². The summed E-state index contributed by atoms with van der Waals surface area (Å²) >= 11 is 3.23. The van der Waals surface area contributed by atoms with E-state index < -0.39 is 0 Å². The van der Waals surface area contributed by atoms with Gasteiger partial charge in [-0.2, -0.15) is 5.10 Å².